The van der Waals surface area contributed by atoms with Gasteiger partial charge in [-0.1, -0.05) is 50.7 Å². The Morgan fingerprint density at radius 1 is 1.25 bits per heavy atom. The van der Waals surface area contributed by atoms with Crippen molar-refractivity contribution in [1.29, 1.82) is 0 Å². The normalized spacial score (nSPS) is 15.4. The highest BCUT2D eigenvalue weighted by Crippen LogP contribution is 2.27. The zero-order valence-corrected chi connectivity index (χ0v) is 22.3. The van der Waals surface area contributed by atoms with Crippen molar-refractivity contribution < 1.29 is 19.1 Å². The molecule has 0 aromatic carbocycles. The number of alkyl halides is 3. The van der Waals surface area contributed by atoms with Crippen LogP contribution in [0.15, 0.2) is 22.8 Å². The van der Waals surface area contributed by atoms with Gasteiger partial charge < -0.3 is 19.3 Å². The Labute approximate surface area is 212 Å². The highest BCUT2D eigenvalue weighted by molar-refractivity contribution is 9.10. The van der Waals surface area contributed by atoms with Gasteiger partial charge in [-0.15, -0.1) is 0 Å². The Balaban J connectivity index is 1.92. The summed E-state index contributed by atoms with van der Waals surface area (Å²) in [7, 11) is 0. The number of ether oxygens (including phenoxy) is 2. The van der Waals surface area contributed by atoms with Gasteiger partial charge in [-0.3, -0.25) is 4.98 Å². The number of carbonyl (C=O) groups is 2. The van der Waals surface area contributed by atoms with Gasteiger partial charge in [0.15, 0.2) is 0 Å². The summed E-state index contributed by atoms with van der Waals surface area (Å²) in [6.07, 6.45) is 3.25. The molecule has 11 heteroatoms. The van der Waals surface area contributed by atoms with Crippen LogP contribution in [0.4, 0.5) is 9.59 Å². The summed E-state index contributed by atoms with van der Waals surface area (Å²) in [4.78, 5) is 32.5. The molecule has 1 aliphatic rings. The highest BCUT2D eigenvalue weighted by Gasteiger charge is 2.28. The van der Waals surface area contributed by atoms with Gasteiger partial charge in [0.05, 0.1) is 12.2 Å². The minimum absolute atomic E-state index is 0.273. The molecule has 1 aromatic rings. The molecule has 0 aliphatic carbocycles. The van der Waals surface area contributed by atoms with E-state index in [1.165, 1.54) is 0 Å². The minimum Gasteiger partial charge on any atom is -0.445 e. The first-order valence-corrected chi connectivity index (χ1v) is 12.3. The first kappa shape index (κ1) is 27.3. The maximum absolute atomic E-state index is 12.6. The topological polar surface area (TPSA) is 72.0 Å². The molecule has 0 unspecified atom stereocenters. The number of pyridine rings is 1. The lowest BCUT2D eigenvalue weighted by Crippen LogP contribution is -2.42. The highest BCUT2D eigenvalue weighted by atomic mass is 79.9. The van der Waals surface area contributed by atoms with E-state index in [1.54, 1.807) is 16.0 Å². The first-order chi connectivity index (χ1) is 14.8. The molecule has 2 rings (SSSR count). The smallest absolute Gasteiger partial charge is 0.410 e. The van der Waals surface area contributed by atoms with Crippen molar-refractivity contribution in [2.24, 2.45) is 5.92 Å². The molecular formula is C21H29BrCl3N3O4. The van der Waals surface area contributed by atoms with Gasteiger partial charge in [0.25, 0.3) is 0 Å². The van der Waals surface area contributed by atoms with E-state index in [4.69, 9.17) is 44.3 Å². The Morgan fingerprint density at radius 2 is 1.91 bits per heavy atom. The molecule has 0 bridgehead atoms. The molecule has 1 saturated heterocycles. The third-order valence-electron chi connectivity index (χ3n) is 4.82. The number of aromatic nitrogens is 1. The lowest BCUT2D eigenvalue weighted by atomic mass is 9.93. The van der Waals surface area contributed by atoms with Crippen molar-refractivity contribution in [2.45, 2.75) is 56.0 Å². The van der Waals surface area contributed by atoms with Crippen LogP contribution >= 0.6 is 50.7 Å². The fourth-order valence-corrected chi connectivity index (χ4v) is 3.82. The van der Waals surface area contributed by atoms with Crippen LogP contribution in [0.3, 0.4) is 0 Å². The third kappa shape index (κ3) is 10.3. The van der Waals surface area contributed by atoms with Gasteiger partial charge >= 0.3 is 12.2 Å². The summed E-state index contributed by atoms with van der Waals surface area (Å²) >= 11 is 20.6. The van der Waals surface area contributed by atoms with E-state index in [9.17, 15) is 9.59 Å². The molecule has 1 fully saturated rings. The van der Waals surface area contributed by atoms with Crippen LogP contribution in [-0.4, -0.2) is 62.6 Å². The molecular weight excluding hydrogens is 545 g/mol. The van der Waals surface area contributed by atoms with E-state index < -0.39 is 15.5 Å². The van der Waals surface area contributed by atoms with Gasteiger partial charge in [-0.05, 0) is 58.1 Å². The summed E-state index contributed by atoms with van der Waals surface area (Å²) in [5.74, 6) is 0.368. The molecule has 32 heavy (non-hydrogen) atoms. The van der Waals surface area contributed by atoms with E-state index in [0.29, 0.717) is 31.2 Å². The van der Waals surface area contributed by atoms with Crippen LogP contribution in [0.1, 0.15) is 45.7 Å². The molecule has 7 nitrogen and oxygen atoms in total. The molecule has 0 radical (unpaired) electrons. The first-order valence-electron chi connectivity index (χ1n) is 10.4. The number of hydrogen-bond acceptors (Lipinski definition) is 5. The maximum Gasteiger partial charge on any atom is 0.410 e. The van der Waals surface area contributed by atoms with Crippen molar-refractivity contribution in [1.82, 2.24) is 14.8 Å². The molecule has 0 atom stereocenters. The molecule has 180 valence electrons. The van der Waals surface area contributed by atoms with Gasteiger partial charge in [0.2, 0.25) is 3.79 Å². The Hall–Kier alpha value is -0.960. The molecule has 1 aliphatic heterocycles. The van der Waals surface area contributed by atoms with Crippen LogP contribution in [0.25, 0.3) is 0 Å². The quantitative estimate of drug-likeness (QED) is 0.380. The second-order valence-corrected chi connectivity index (χ2v) is 12.2. The lowest BCUT2D eigenvalue weighted by Gasteiger charge is -2.34. The summed E-state index contributed by atoms with van der Waals surface area (Å²) in [6, 6.07) is 3.65. The van der Waals surface area contributed by atoms with Crippen molar-refractivity contribution in [3.63, 3.8) is 0 Å². The maximum atomic E-state index is 12.6. The zero-order chi connectivity index (χ0) is 23.9. The molecule has 0 N–H and O–H groups in total. The van der Waals surface area contributed by atoms with Crippen LogP contribution in [0.5, 0.6) is 0 Å². The fraction of sp³-hybridized carbons (Fsp3) is 0.667. The Morgan fingerprint density at radius 3 is 2.47 bits per heavy atom. The number of rotatable bonds is 6. The summed E-state index contributed by atoms with van der Waals surface area (Å²) in [5.41, 5.74) is 0.201. The molecule has 1 aromatic heterocycles. The van der Waals surface area contributed by atoms with Crippen molar-refractivity contribution in [2.75, 3.05) is 26.2 Å². The summed E-state index contributed by atoms with van der Waals surface area (Å²) < 4.78 is 9.83. The lowest BCUT2D eigenvalue weighted by molar-refractivity contribution is 0.0177. The number of hydrogen-bond donors (Lipinski definition) is 0. The van der Waals surface area contributed by atoms with Gasteiger partial charge in [-0.25, -0.2) is 9.59 Å². The number of amides is 2. The van der Waals surface area contributed by atoms with Crippen molar-refractivity contribution >= 4 is 62.9 Å². The van der Waals surface area contributed by atoms with E-state index >= 15 is 0 Å². The van der Waals surface area contributed by atoms with E-state index in [-0.39, 0.29) is 19.2 Å². The second-order valence-electron chi connectivity index (χ2n) is 8.76. The van der Waals surface area contributed by atoms with Gasteiger partial charge in [0.1, 0.15) is 12.2 Å². The number of halogens is 4. The minimum atomic E-state index is -1.68. The molecule has 0 spiro atoms. The average Bonchev–Trinajstić information content (AvgIpc) is 2.68. The summed E-state index contributed by atoms with van der Waals surface area (Å²) in [6.45, 7) is 7.22. The van der Waals surface area contributed by atoms with Crippen LogP contribution in [0, 0.1) is 5.92 Å². The number of carbonyl (C=O) groups excluding carboxylic acids is 2. The molecule has 0 saturated carbocycles. The Kier molecular flexibility index (Phi) is 10.2. The summed E-state index contributed by atoms with van der Waals surface area (Å²) in [5, 5.41) is 0. The number of nitrogens with zero attached hydrogens (tertiary/aromatic N) is 3. The van der Waals surface area contributed by atoms with Crippen LogP contribution in [0.2, 0.25) is 0 Å². The van der Waals surface area contributed by atoms with E-state index in [2.05, 4.69) is 20.9 Å². The second kappa shape index (κ2) is 12.0. The SMILES string of the molecule is CC(C)(C)OC(=O)N1CCC(CCN(Cc2cc(Br)ccn2)C(=O)OCC(Cl)(Cl)Cl)CC1. The van der Waals surface area contributed by atoms with Gasteiger partial charge in [0, 0.05) is 30.3 Å². The predicted molar refractivity (Wildman–Crippen MR) is 129 cm³/mol. The monoisotopic (exact) mass is 571 g/mol. The zero-order valence-electron chi connectivity index (χ0n) is 18.5. The predicted octanol–water partition coefficient (Wildman–Crippen LogP) is 6.19. The third-order valence-corrected chi connectivity index (χ3v) is 5.64. The van der Waals surface area contributed by atoms with E-state index in [0.717, 1.165) is 23.7 Å². The van der Waals surface area contributed by atoms with Crippen molar-refractivity contribution in [3.8, 4) is 0 Å². The standard InChI is InChI=1S/C21H29BrCl3N3O4/c1-20(2,3)32-19(30)27-9-5-15(6-10-27)7-11-28(18(29)31-14-21(23,24)25)13-17-12-16(22)4-8-26-17/h4,8,12,15H,5-7,9-11,13-14H2,1-3H3. The number of piperidine rings is 1. The molecule has 2 amide bonds. The number of likely N-dealkylation sites (tertiary alicyclic amines) is 1. The van der Waals surface area contributed by atoms with Crippen LogP contribution in [-0.2, 0) is 16.0 Å². The average molecular weight is 574 g/mol. The van der Waals surface area contributed by atoms with Gasteiger partial charge in [-0.2, -0.15) is 0 Å². The fourth-order valence-electron chi connectivity index (χ4n) is 3.27. The molecule has 2 heterocycles. The van der Waals surface area contributed by atoms with E-state index in [1.807, 2.05) is 32.9 Å². The largest absolute Gasteiger partial charge is 0.445 e. The van der Waals surface area contributed by atoms with Crippen molar-refractivity contribution in [3.05, 3.63) is 28.5 Å². The van der Waals surface area contributed by atoms with Crippen LogP contribution < -0.4 is 0 Å². The Bertz CT molecular complexity index is 778.